The molecule has 0 spiro atoms. The van der Waals surface area contributed by atoms with E-state index in [1.165, 1.54) is 0 Å². The second-order valence-corrected chi connectivity index (χ2v) is 3.68. The fourth-order valence-electron chi connectivity index (χ4n) is 1.32. The Morgan fingerprint density at radius 1 is 1.23 bits per heavy atom. The summed E-state index contributed by atoms with van der Waals surface area (Å²) in [7, 11) is 1.68. The number of halogens is 1. The fourth-order valence-corrected chi connectivity index (χ4v) is 1.95. The molecule has 0 amide bonds. The van der Waals surface area contributed by atoms with Crippen LogP contribution in [0.15, 0.2) is 30.5 Å². The van der Waals surface area contributed by atoms with Crippen LogP contribution in [0.25, 0.3) is 10.8 Å². The van der Waals surface area contributed by atoms with Gasteiger partial charge in [-0.3, -0.25) is 0 Å². The van der Waals surface area contributed by atoms with Crippen molar-refractivity contribution in [1.82, 2.24) is 4.98 Å². The van der Waals surface area contributed by atoms with Crippen molar-refractivity contribution >= 4 is 33.4 Å². The van der Waals surface area contributed by atoms with E-state index in [0.717, 1.165) is 20.2 Å². The zero-order valence-electron chi connectivity index (χ0n) is 7.12. The lowest BCUT2D eigenvalue weighted by molar-refractivity contribution is 0.420. The number of rotatable bonds is 1. The zero-order chi connectivity index (χ0) is 9.26. The van der Waals surface area contributed by atoms with Crippen LogP contribution in [0.3, 0.4) is 0 Å². The summed E-state index contributed by atoms with van der Waals surface area (Å²) in [5.41, 5.74) is 0. The molecule has 66 valence electrons. The van der Waals surface area contributed by atoms with E-state index in [1.807, 2.05) is 24.3 Å². The quantitative estimate of drug-likeness (QED) is 0.593. The Balaban J connectivity index is 2.84. The summed E-state index contributed by atoms with van der Waals surface area (Å²) < 4.78 is 6.26. The fraction of sp³-hybridized carbons (Fsp3) is 0.100. The van der Waals surface area contributed by atoms with E-state index in [1.54, 1.807) is 13.3 Å². The van der Waals surface area contributed by atoms with Gasteiger partial charge in [-0.05, 0) is 34.7 Å². The van der Waals surface area contributed by atoms with Crippen molar-refractivity contribution in [2.24, 2.45) is 0 Å². The highest BCUT2D eigenvalue weighted by Gasteiger charge is 2.02. The largest absolute Gasteiger partial charge is 0.496 e. The molecule has 1 aromatic carbocycles. The van der Waals surface area contributed by atoms with E-state index in [2.05, 4.69) is 27.6 Å². The Labute approximate surface area is 90.1 Å². The van der Waals surface area contributed by atoms with Gasteiger partial charge in [0.25, 0.3) is 0 Å². The molecule has 2 aromatic rings. The minimum Gasteiger partial charge on any atom is -0.496 e. The predicted octanol–water partition coefficient (Wildman–Crippen LogP) is 2.85. The van der Waals surface area contributed by atoms with Gasteiger partial charge in [0, 0.05) is 17.0 Å². The van der Waals surface area contributed by atoms with Crippen molar-refractivity contribution in [3.05, 3.63) is 34.2 Å². The standard InChI is InChI=1S/C10H8INO/c1-13-9-4-2-3-8-7(9)5-6-12-10(8)11/h2-6H,1H3. The first-order chi connectivity index (χ1) is 6.33. The SMILES string of the molecule is COc1cccc2c(I)nccc12. The highest BCUT2D eigenvalue weighted by molar-refractivity contribution is 14.1. The minimum atomic E-state index is 0.901. The Morgan fingerprint density at radius 3 is 2.85 bits per heavy atom. The highest BCUT2D eigenvalue weighted by Crippen LogP contribution is 2.26. The Kier molecular flexibility index (Phi) is 2.35. The number of methoxy groups -OCH3 is 1. The van der Waals surface area contributed by atoms with Crippen LogP contribution in [-0.2, 0) is 0 Å². The van der Waals surface area contributed by atoms with Crippen LogP contribution in [0.4, 0.5) is 0 Å². The number of hydrogen-bond donors (Lipinski definition) is 0. The van der Waals surface area contributed by atoms with E-state index in [4.69, 9.17) is 4.74 Å². The van der Waals surface area contributed by atoms with Gasteiger partial charge in [0.15, 0.2) is 0 Å². The summed E-state index contributed by atoms with van der Waals surface area (Å²) >= 11 is 2.22. The van der Waals surface area contributed by atoms with E-state index < -0.39 is 0 Å². The van der Waals surface area contributed by atoms with Crippen molar-refractivity contribution in [3.63, 3.8) is 0 Å². The number of pyridine rings is 1. The lowest BCUT2D eigenvalue weighted by atomic mass is 10.1. The van der Waals surface area contributed by atoms with Gasteiger partial charge in [0.1, 0.15) is 9.45 Å². The third-order valence-corrected chi connectivity index (χ3v) is 2.80. The Bertz CT molecular complexity index is 442. The summed E-state index contributed by atoms with van der Waals surface area (Å²) in [5, 5.41) is 2.26. The lowest BCUT2D eigenvalue weighted by Gasteiger charge is -2.04. The molecule has 0 radical (unpaired) electrons. The molecular weight excluding hydrogens is 277 g/mol. The molecule has 13 heavy (non-hydrogen) atoms. The van der Waals surface area contributed by atoms with Crippen molar-refractivity contribution in [3.8, 4) is 5.75 Å². The van der Waals surface area contributed by atoms with Gasteiger partial charge in [-0.25, -0.2) is 4.98 Å². The maximum absolute atomic E-state index is 5.25. The topological polar surface area (TPSA) is 22.1 Å². The summed E-state index contributed by atoms with van der Waals surface area (Å²) in [6, 6.07) is 7.95. The van der Waals surface area contributed by atoms with E-state index in [9.17, 15) is 0 Å². The van der Waals surface area contributed by atoms with Gasteiger partial charge < -0.3 is 4.74 Å². The van der Waals surface area contributed by atoms with Gasteiger partial charge in [-0.1, -0.05) is 12.1 Å². The molecule has 2 rings (SSSR count). The Hall–Kier alpha value is -0.840. The molecule has 0 saturated heterocycles. The molecule has 0 bridgehead atoms. The van der Waals surface area contributed by atoms with Crippen LogP contribution >= 0.6 is 22.6 Å². The molecule has 1 aromatic heterocycles. The molecule has 0 fully saturated rings. The molecule has 0 unspecified atom stereocenters. The van der Waals surface area contributed by atoms with Gasteiger partial charge in [0.05, 0.1) is 7.11 Å². The van der Waals surface area contributed by atoms with Crippen LogP contribution in [0.5, 0.6) is 5.75 Å². The third kappa shape index (κ3) is 1.48. The maximum atomic E-state index is 5.25. The number of fused-ring (bicyclic) bond motifs is 1. The van der Waals surface area contributed by atoms with Crippen LogP contribution in [0, 0.1) is 3.70 Å². The van der Waals surface area contributed by atoms with E-state index in [0.29, 0.717) is 0 Å². The molecule has 2 nitrogen and oxygen atoms in total. The van der Waals surface area contributed by atoms with Crippen LogP contribution in [-0.4, -0.2) is 12.1 Å². The molecule has 0 atom stereocenters. The van der Waals surface area contributed by atoms with Gasteiger partial charge in [-0.2, -0.15) is 0 Å². The average molecular weight is 285 g/mol. The molecule has 1 heterocycles. The number of benzene rings is 1. The maximum Gasteiger partial charge on any atom is 0.126 e. The van der Waals surface area contributed by atoms with Crippen molar-refractivity contribution in [2.45, 2.75) is 0 Å². The second-order valence-electron chi connectivity index (χ2n) is 2.66. The summed E-state index contributed by atoms with van der Waals surface area (Å²) in [6.07, 6.45) is 1.80. The van der Waals surface area contributed by atoms with E-state index >= 15 is 0 Å². The zero-order valence-corrected chi connectivity index (χ0v) is 9.28. The van der Waals surface area contributed by atoms with Crippen LogP contribution in [0.1, 0.15) is 0 Å². The third-order valence-electron chi connectivity index (χ3n) is 1.94. The summed E-state index contributed by atoms with van der Waals surface area (Å²) in [4.78, 5) is 4.21. The molecule has 0 saturated carbocycles. The molecule has 3 heteroatoms. The molecule has 0 aliphatic heterocycles. The first-order valence-corrected chi connectivity index (χ1v) is 4.98. The first kappa shape index (κ1) is 8.74. The van der Waals surface area contributed by atoms with Crippen molar-refractivity contribution in [1.29, 1.82) is 0 Å². The second kappa shape index (κ2) is 3.49. The number of ether oxygens (including phenoxy) is 1. The number of nitrogens with zero attached hydrogens (tertiary/aromatic N) is 1. The van der Waals surface area contributed by atoms with Crippen molar-refractivity contribution < 1.29 is 4.74 Å². The smallest absolute Gasteiger partial charge is 0.126 e. The molecule has 0 N–H and O–H groups in total. The predicted molar refractivity (Wildman–Crippen MR) is 61.0 cm³/mol. The average Bonchev–Trinajstić information content (AvgIpc) is 2.18. The first-order valence-electron chi connectivity index (χ1n) is 3.90. The molecular formula is C10H8INO. The highest BCUT2D eigenvalue weighted by atomic mass is 127. The molecule has 0 aliphatic carbocycles. The van der Waals surface area contributed by atoms with Gasteiger partial charge in [0.2, 0.25) is 0 Å². The van der Waals surface area contributed by atoms with Crippen molar-refractivity contribution in [2.75, 3.05) is 7.11 Å². The monoisotopic (exact) mass is 285 g/mol. The molecule has 0 aliphatic rings. The van der Waals surface area contributed by atoms with Crippen LogP contribution in [0.2, 0.25) is 0 Å². The van der Waals surface area contributed by atoms with E-state index in [-0.39, 0.29) is 0 Å². The summed E-state index contributed by atoms with van der Waals surface area (Å²) in [5.74, 6) is 0.901. The van der Waals surface area contributed by atoms with Gasteiger partial charge in [-0.15, -0.1) is 0 Å². The number of aromatic nitrogens is 1. The van der Waals surface area contributed by atoms with Crippen LogP contribution < -0.4 is 4.74 Å². The number of hydrogen-bond acceptors (Lipinski definition) is 2. The summed E-state index contributed by atoms with van der Waals surface area (Å²) in [6.45, 7) is 0. The van der Waals surface area contributed by atoms with Gasteiger partial charge >= 0.3 is 0 Å². The normalized spacial score (nSPS) is 10.3. The Morgan fingerprint density at radius 2 is 2.08 bits per heavy atom. The minimum absolute atomic E-state index is 0.901. The lowest BCUT2D eigenvalue weighted by Crippen LogP contribution is -1.87.